The van der Waals surface area contributed by atoms with Crippen LogP contribution >= 0.6 is 0 Å². The number of nitrogens with one attached hydrogen (secondary N) is 1. The van der Waals surface area contributed by atoms with Crippen LogP contribution in [0.4, 0.5) is 5.69 Å². The largest absolute Gasteiger partial charge is 0.462 e. The van der Waals surface area contributed by atoms with Crippen molar-refractivity contribution in [1.29, 1.82) is 0 Å². The summed E-state index contributed by atoms with van der Waals surface area (Å²) in [5, 5.41) is 7.09. The molecule has 2 rings (SSSR count). The van der Waals surface area contributed by atoms with E-state index in [1.54, 1.807) is 35.9 Å². The Hall–Kier alpha value is -2.63. The lowest BCUT2D eigenvalue weighted by molar-refractivity contribution is -0.115. The molecule has 1 N–H and O–H groups in total. The van der Waals surface area contributed by atoms with Crippen LogP contribution < -0.4 is 5.32 Å². The van der Waals surface area contributed by atoms with Crippen LogP contribution in [0.1, 0.15) is 34.2 Å². The van der Waals surface area contributed by atoms with Crippen molar-refractivity contribution in [2.45, 2.75) is 27.2 Å². The molecule has 0 saturated carbocycles. The monoisotopic (exact) mass is 315 g/mol. The molecule has 0 bridgehead atoms. The number of nitrogens with zero attached hydrogens (tertiary/aromatic N) is 2. The molecule has 2 aromatic rings. The second kappa shape index (κ2) is 7.09. The zero-order chi connectivity index (χ0) is 17.0. The van der Waals surface area contributed by atoms with Gasteiger partial charge in [-0.3, -0.25) is 9.48 Å². The third-order valence-electron chi connectivity index (χ3n) is 3.69. The molecule has 23 heavy (non-hydrogen) atoms. The van der Waals surface area contributed by atoms with E-state index in [9.17, 15) is 9.59 Å². The average Bonchev–Trinajstić information content (AvgIpc) is 2.74. The maximum Gasteiger partial charge on any atom is 0.340 e. The Balaban J connectivity index is 2.16. The summed E-state index contributed by atoms with van der Waals surface area (Å²) in [5.41, 5.74) is 3.49. The lowest BCUT2D eigenvalue weighted by atomic mass is 10.1. The van der Waals surface area contributed by atoms with Crippen LogP contribution in [-0.4, -0.2) is 28.3 Å². The second-order valence-electron chi connectivity index (χ2n) is 5.26. The minimum absolute atomic E-state index is 0.194. The second-order valence-corrected chi connectivity index (χ2v) is 5.26. The molecule has 6 nitrogen and oxygen atoms in total. The molecule has 0 saturated heterocycles. The molecule has 0 aliphatic carbocycles. The van der Waals surface area contributed by atoms with Gasteiger partial charge in [-0.2, -0.15) is 5.10 Å². The first-order valence-corrected chi connectivity index (χ1v) is 7.49. The summed E-state index contributed by atoms with van der Waals surface area (Å²) in [6, 6.07) is 6.82. The topological polar surface area (TPSA) is 73.2 Å². The highest BCUT2D eigenvalue weighted by atomic mass is 16.5. The molecule has 1 amide bonds. The number of aryl methyl sites for hydroxylation is 2. The summed E-state index contributed by atoms with van der Waals surface area (Å²) >= 11 is 0. The first kappa shape index (κ1) is 16.7. The highest BCUT2D eigenvalue weighted by molar-refractivity contribution is 6.01. The number of aromatic nitrogens is 2. The van der Waals surface area contributed by atoms with E-state index in [0.29, 0.717) is 11.3 Å². The molecule has 1 aromatic carbocycles. The molecule has 0 radical (unpaired) electrons. The lowest BCUT2D eigenvalue weighted by Gasteiger charge is -2.10. The van der Waals surface area contributed by atoms with Gasteiger partial charge in [-0.05, 0) is 32.9 Å². The molecule has 1 aromatic heterocycles. The Labute approximate surface area is 135 Å². The van der Waals surface area contributed by atoms with E-state index < -0.39 is 5.97 Å². The van der Waals surface area contributed by atoms with Crippen molar-refractivity contribution in [3.63, 3.8) is 0 Å². The predicted octanol–water partition coefficient (Wildman–Crippen LogP) is 2.39. The van der Waals surface area contributed by atoms with Gasteiger partial charge in [-0.25, -0.2) is 4.79 Å². The van der Waals surface area contributed by atoms with E-state index in [0.717, 1.165) is 17.0 Å². The van der Waals surface area contributed by atoms with Gasteiger partial charge in [-0.15, -0.1) is 0 Å². The predicted molar refractivity (Wildman–Crippen MR) is 87.4 cm³/mol. The van der Waals surface area contributed by atoms with Crippen LogP contribution in [0.15, 0.2) is 24.3 Å². The van der Waals surface area contributed by atoms with Crippen LogP contribution in [0.3, 0.4) is 0 Å². The van der Waals surface area contributed by atoms with E-state index >= 15 is 0 Å². The van der Waals surface area contributed by atoms with Crippen LogP contribution in [0.25, 0.3) is 0 Å². The van der Waals surface area contributed by atoms with Gasteiger partial charge in [0.15, 0.2) is 0 Å². The van der Waals surface area contributed by atoms with E-state index in [1.807, 2.05) is 20.9 Å². The smallest absolute Gasteiger partial charge is 0.340 e. The normalized spacial score (nSPS) is 10.4. The molecule has 0 aliphatic heterocycles. The van der Waals surface area contributed by atoms with Gasteiger partial charge in [0, 0.05) is 18.3 Å². The van der Waals surface area contributed by atoms with Gasteiger partial charge in [0.05, 0.1) is 30.0 Å². The highest BCUT2D eigenvalue weighted by Gasteiger charge is 2.17. The summed E-state index contributed by atoms with van der Waals surface area (Å²) < 4.78 is 6.76. The third-order valence-corrected chi connectivity index (χ3v) is 3.69. The zero-order valence-corrected chi connectivity index (χ0v) is 13.8. The average molecular weight is 315 g/mol. The van der Waals surface area contributed by atoms with Crippen molar-refractivity contribution in [3.8, 4) is 0 Å². The standard InChI is InChI=1S/C17H21N3O3/c1-5-23-17(22)13-8-6-7-9-15(13)18-16(21)10-14-11(2)19-20(4)12(14)3/h6-9H,5,10H2,1-4H3,(H,18,21). The minimum Gasteiger partial charge on any atom is -0.462 e. The quantitative estimate of drug-likeness (QED) is 0.860. The zero-order valence-electron chi connectivity index (χ0n) is 13.8. The number of carbonyl (C=O) groups is 2. The lowest BCUT2D eigenvalue weighted by Crippen LogP contribution is -2.18. The van der Waals surface area contributed by atoms with E-state index in [-0.39, 0.29) is 18.9 Å². The van der Waals surface area contributed by atoms with E-state index in [2.05, 4.69) is 10.4 Å². The van der Waals surface area contributed by atoms with Crippen LogP contribution in [0.5, 0.6) is 0 Å². The fourth-order valence-corrected chi connectivity index (χ4v) is 2.41. The molecule has 0 unspecified atom stereocenters. The summed E-state index contributed by atoms with van der Waals surface area (Å²) in [6.45, 7) is 5.83. The van der Waals surface area contributed by atoms with Crippen molar-refractivity contribution in [2.75, 3.05) is 11.9 Å². The van der Waals surface area contributed by atoms with Crippen molar-refractivity contribution in [1.82, 2.24) is 9.78 Å². The van der Waals surface area contributed by atoms with Crippen molar-refractivity contribution >= 4 is 17.6 Å². The van der Waals surface area contributed by atoms with Gasteiger partial charge < -0.3 is 10.1 Å². The molecular weight excluding hydrogens is 294 g/mol. The van der Waals surface area contributed by atoms with Crippen LogP contribution in [-0.2, 0) is 23.0 Å². The van der Waals surface area contributed by atoms with Gasteiger partial charge in [0.2, 0.25) is 5.91 Å². The third kappa shape index (κ3) is 3.77. The number of carbonyl (C=O) groups excluding carboxylic acids is 2. The Morgan fingerprint density at radius 3 is 2.57 bits per heavy atom. The Morgan fingerprint density at radius 2 is 1.96 bits per heavy atom. The van der Waals surface area contributed by atoms with Gasteiger partial charge in [0.25, 0.3) is 0 Å². The number of ether oxygens (including phenoxy) is 1. The molecule has 0 aliphatic rings. The number of amides is 1. The molecule has 0 atom stereocenters. The molecular formula is C17H21N3O3. The maximum atomic E-state index is 12.3. The Bertz CT molecular complexity index is 735. The molecule has 122 valence electrons. The number of para-hydroxylation sites is 1. The Kier molecular flexibility index (Phi) is 5.16. The minimum atomic E-state index is -0.447. The van der Waals surface area contributed by atoms with Crippen LogP contribution in [0.2, 0.25) is 0 Å². The maximum absolute atomic E-state index is 12.3. The summed E-state index contributed by atoms with van der Waals surface area (Å²) in [5.74, 6) is -0.641. The van der Waals surface area contributed by atoms with E-state index in [4.69, 9.17) is 4.74 Å². The number of hydrogen-bond acceptors (Lipinski definition) is 4. The van der Waals surface area contributed by atoms with Crippen molar-refractivity contribution in [2.24, 2.45) is 7.05 Å². The van der Waals surface area contributed by atoms with Gasteiger partial charge in [0.1, 0.15) is 0 Å². The van der Waals surface area contributed by atoms with Gasteiger partial charge in [-0.1, -0.05) is 12.1 Å². The summed E-state index contributed by atoms with van der Waals surface area (Å²) in [7, 11) is 1.85. The number of esters is 1. The fourth-order valence-electron chi connectivity index (χ4n) is 2.41. The molecule has 6 heteroatoms. The Morgan fingerprint density at radius 1 is 1.26 bits per heavy atom. The first-order valence-electron chi connectivity index (χ1n) is 7.49. The number of benzene rings is 1. The van der Waals surface area contributed by atoms with E-state index in [1.165, 1.54) is 0 Å². The number of anilines is 1. The fraction of sp³-hybridized carbons (Fsp3) is 0.353. The number of rotatable bonds is 5. The first-order chi connectivity index (χ1) is 10.9. The molecule has 0 spiro atoms. The van der Waals surface area contributed by atoms with Crippen LogP contribution in [0, 0.1) is 13.8 Å². The van der Waals surface area contributed by atoms with Gasteiger partial charge >= 0.3 is 5.97 Å². The summed E-state index contributed by atoms with van der Waals surface area (Å²) in [4.78, 5) is 24.3. The molecule has 0 fully saturated rings. The van der Waals surface area contributed by atoms with Crippen molar-refractivity contribution in [3.05, 3.63) is 46.8 Å². The molecule has 1 heterocycles. The highest BCUT2D eigenvalue weighted by Crippen LogP contribution is 2.18. The summed E-state index contributed by atoms with van der Waals surface area (Å²) in [6.07, 6.45) is 0.211. The van der Waals surface area contributed by atoms with Crippen molar-refractivity contribution < 1.29 is 14.3 Å². The SMILES string of the molecule is CCOC(=O)c1ccccc1NC(=O)Cc1c(C)nn(C)c1C. The number of hydrogen-bond donors (Lipinski definition) is 1.